The Bertz CT molecular complexity index is 1030. The standard InChI is InChI=1S/C19H18BrCl2FN4O2/c1-19(2,3)29-18(28)27-6-4-26(5-7-27)16-10-8-12(21)13(20)14(23)15(10)25-17(22)11(16)9-24/h8H,4-7H2,1-3H3. The molecule has 1 amide bonds. The van der Waals surface area contributed by atoms with Gasteiger partial charge in [0.25, 0.3) is 0 Å². The first-order chi connectivity index (χ1) is 13.5. The maximum absolute atomic E-state index is 14.7. The minimum atomic E-state index is -0.646. The van der Waals surface area contributed by atoms with E-state index < -0.39 is 17.5 Å². The van der Waals surface area contributed by atoms with Crippen LogP contribution in [0.4, 0.5) is 14.9 Å². The monoisotopic (exact) mass is 502 g/mol. The topological polar surface area (TPSA) is 69.5 Å². The van der Waals surface area contributed by atoms with Gasteiger partial charge in [-0.3, -0.25) is 0 Å². The van der Waals surface area contributed by atoms with Crippen molar-refractivity contribution in [3.8, 4) is 6.07 Å². The second-order valence-corrected chi connectivity index (χ2v) is 9.13. The van der Waals surface area contributed by atoms with E-state index in [1.54, 1.807) is 11.0 Å². The lowest BCUT2D eigenvalue weighted by atomic mass is 10.1. The van der Waals surface area contributed by atoms with Crippen LogP contribution in [0.3, 0.4) is 0 Å². The molecular weight excluding hydrogens is 486 g/mol. The van der Waals surface area contributed by atoms with Crippen molar-refractivity contribution in [1.29, 1.82) is 5.26 Å². The molecule has 2 aromatic rings. The zero-order valence-electron chi connectivity index (χ0n) is 16.0. The second kappa shape index (κ2) is 8.13. The fourth-order valence-electron chi connectivity index (χ4n) is 3.13. The van der Waals surface area contributed by atoms with Gasteiger partial charge in [0.15, 0.2) is 5.82 Å². The smallest absolute Gasteiger partial charge is 0.410 e. The molecule has 0 saturated carbocycles. The normalized spacial score (nSPS) is 14.8. The number of amides is 1. The molecule has 10 heteroatoms. The molecule has 0 spiro atoms. The van der Waals surface area contributed by atoms with E-state index in [1.165, 1.54) is 0 Å². The maximum Gasteiger partial charge on any atom is 0.410 e. The van der Waals surface area contributed by atoms with Gasteiger partial charge in [0.1, 0.15) is 27.9 Å². The van der Waals surface area contributed by atoms with Crippen molar-refractivity contribution in [2.45, 2.75) is 26.4 Å². The Kier molecular flexibility index (Phi) is 6.13. The number of nitriles is 1. The van der Waals surface area contributed by atoms with E-state index in [0.29, 0.717) is 37.3 Å². The molecule has 29 heavy (non-hydrogen) atoms. The van der Waals surface area contributed by atoms with Crippen molar-refractivity contribution in [2.75, 3.05) is 31.1 Å². The average molecular weight is 504 g/mol. The van der Waals surface area contributed by atoms with Crippen LogP contribution in [-0.2, 0) is 4.74 Å². The SMILES string of the molecule is CC(C)(C)OC(=O)N1CCN(c2c(C#N)c(Cl)nc3c(F)c(Br)c(Cl)cc23)CC1. The Hall–Kier alpha value is -1.82. The number of ether oxygens (including phenoxy) is 1. The predicted octanol–water partition coefficient (Wildman–Crippen LogP) is 5.37. The number of halogens is 4. The van der Waals surface area contributed by atoms with Gasteiger partial charge in [0.2, 0.25) is 0 Å². The van der Waals surface area contributed by atoms with Crippen LogP contribution in [0.25, 0.3) is 10.9 Å². The molecule has 2 heterocycles. The molecule has 0 atom stereocenters. The van der Waals surface area contributed by atoms with Gasteiger partial charge in [-0.25, -0.2) is 14.2 Å². The molecule has 1 aromatic heterocycles. The summed E-state index contributed by atoms with van der Waals surface area (Å²) in [7, 11) is 0. The van der Waals surface area contributed by atoms with Crippen LogP contribution in [0.15, 0.2) is 10.5 Å². The van der Waals surface area contributed by atoms with Crippen LogP contribution in [-0.4, -0.2) is 47.8 Å². The quantitative estimate of drug-likeness (QED) is 0.386. The van der Waals surface area contributed by atoms with Crippen LogP contribution in [0.5, 0.6) is 0 Å². The highest BCUT2D eigenvalue weighted by Gasteiger charge is 2.29. The molecule has 1 fully saturated rings. The van der Waals surface area contributed by atoms with Crippen molar-refractivity contribution >= 4 is 61.8 Å². The van der Waals surface area contributed by atoms with E-state index in [9.17, 15) is 14.4 Å². The highest BCUT2D eigenvalue weighted by Crippen LogP contribution is 2.40. The number of hydrogen-bond donors (Lipinski definition) is 0. The predicted molar refractivity (Wildman–Crippen MR) is 114 cm³/mol. The van der Waals surface area contributed by atoms with Gasteiger partial charge >= 0.3 is 6.09 Å². The molecule has 6 nitrogen and oxygen atoms in total. The Morgan fingerprint density at radius 3 is 2.48 bits per heavy atom. The molecule has 0 unspecified atom stereocenters. The lowest BCUT2D eigenvalue weighted by Gasteiger charge is -2.37. The third kappa shape index (κ3) is 4.37. The van der Waals surface area contributed by atoms with E-state index in [4.69, 9.17) is 27.9 Å². The summed E-state index contributed by atoms with van der Waals surface area (Å²) in [4.78, 5) is 19.8. The summed E-state index contributed by atoms with van der Waals surface area (Å²) in [6, 6.07) is 3.61. The van der Waals surface area contributed by atoms with Crippen LogP contribution in [0, 0.1) is 17.1 Å². The Labute approximate surface area is 186 Å². The van der Waals surface area contributed by atoms with E-state index in [1.807, 2.05) is 25.7 Å². The number of piperazine rings is 1. The van der Waals surface area contributed by atoms with Gasteiger partial charge in [0, 0.05) is 31.6 Å². The lowest BCUT2D eigenvalue weighted by Crippen LogP contribution is -2.50. The van der Waals surface area contributed by atoms with Crippen LogP contribution in [0.1, 0.15) is 26.3 Å². The van der Waals surface area contributed by atoms with Gasteiger partial charge < -0.3 is 14.5 Å². The van der Waals surface area contributed by atoms with E-state index >= 15 is 0 Å². The van der Waals surface area contributed by atoms with E-state index in [-0.39, 0.29) is 25.7 Å². The molecule has 1 aromatic carbocycles. The largest absolute Gasteiger partial charge is 0.444 e. The van der Waals surface area contributed by atoms with Crippen LogP contribution in [0.2, 0.25) is 10.2 Å². The summed E-state index contributed by atoms with van der Waals surface area (Å²) >= 11 is 15.4. The first-order valence-electron chi connectivity index (χ1n) is 8.83. The van der Waals surface area contributed by atoms with E-state index in [2.05, 4.69) is 27.0 Å². The lowest BCUT2D eigenvalue weighted by molar-refractivity contribution is 0.0240. The van der Waals surface area contributed by atoms with Crippen LogP contribution < -0.4 is 4.90 Å². The zero-order valence-corrected chi connectivity index (χ0v) is 19.1. The van der Waals surface area contributed by atoms with Gasteiger partial charge in [-0.05, 0) is 42.8 Å². The van der Waals surface area contributed by atoms with Crippen molar-refractivity contribution in [1.82, 2.24) is 9.88 Å². The highest BCUT2D eigenvalue weighted by atomic mass is 79.9. The number of benzene rings is 1. The molecule has 1 saturated heterocycles. The Morgan fingerprint density at radius 1 is 1.31 bits per heavy atom. The third-order valence-corrected chi connectivity index (χ3v) is 5.98. The maximum atomic E-state index is 14.7. The number of rotatable bonds is 1. The van der Waals surface area contributed by atoms with Gasteiger partial charge in [-0.2, -0.15) is 5.26 Å². The fourth-order valence-corrected chi connectivity index (χ4v) is 3.84. The number of pyridine rings is 1. The number of carbonyl (C=O) groups is 1. The number of hydrogen-bond acceptors (Lipinski definition) is 5. The minimum Gasteiger partial charge on any atom is -0.444 e. The number of carbonyl (C=O) groups excluding carboxylic acids is 1. The molecule has 0 bridgehead atoms. The van der Waals surface area contributed by atoms with Crippen molar-refractivity contribution < 1.29 is 13.9 Å². The number of nitrogens with zero attached hydrogens (tertiary/aromatic N) is 4. The molecular formula is C19H18BrCl2FN4O2. The summed E-state index contributed by atoms with van der Waals surface area (Å²) in [5.74, 6) is -0.646. The molecule has 1 aliphatic rings. The third-order valence-electron chi connectivity index (χ3n) is 4.40. The first kappa shape index (κ1) is 21.9. The molecule has 1 aliphatic heterocycles. The summed E-state index contributed by atoms with van der Waals surface area (Å²) in [6.45, 7) is 7.02. The average Bonchev–Trinajstić information content (AvgIpc) is 2.65. The number of anilines is 1. The van der Waals surface area contributed by atoms with Crippen LogP contribution >= 0.6 is 39.1 Å². The molecule has 0 N–H and O–H groups in total. The number of fused-ring (bicyclic) bond motifs is 1. The minimum absolute atomic E-state index is 0.0230. The molecule has 3 rings (SSSR count). The Balaban J connectivity index is 1.98. The van der Waals surface area contributed by atoms with Crippen molar-refractivity contribution in [2.24, 2.45) is 0 Å². The highest BCUT2D eigenvalue weighted by molar-refractivity contribution is 9.10. The van der Waals surface area contributed by atoms with Crippen molar-refractivity contribution in [3.63, 3.8) is 0 Å². The first-order valence-corrected chi connectivity index (χ1v) is 10.4. The van der Waals surface area contributed by atoms with Gasteiger partial charge in [0.05, 0.1) is 15.2 Å². The Morgan fingerprint density at radius 2 is 1.93 bits per heavy atom. The number of aromatic nitrogens is 1. The van der Waals surface area contributed by atoms with Crippen molar-refractivity contribution in [3.05, 3.63) is 32.1 Å². The summed E-state index contributed by atoms with van der Waals surface area (Å²) in [5.41, 5.74) is 0.0377. The molecule has 154 valence electrons. The van der Waals surface area contributed by atoms with Gasteiger partial charge in [-0.1, -0.05) is 23.2 Å². The van der Waals surface area contributed by atoms with Gasteiger partial charge in [-0.15, -0.1) is 0 Å². The molecule has 0 aliphatic carbocycles. The fraction of sp³-hybridized carbons (Fsp3) is 0.421. The summed E-state index contributed by atoms with van der Waals surface area (Å²) in [5, 5.41) is 10.1. The zero-order chi connectivity index (χ0) is 21.5. The van der Waals surface area contributed by atoms with E-state index in [0.717, 1.165) is 0 Å². The second-order valence-electron chi connectivity index (χ2n) is 7.57. The molecule has 0 radical (unpaired) electrons. The summed E-state index contributed by atoms with van der Waals surface area (Å²) < 4.78 is 20.2. The summed E-state index contributed by atoms with van der Waals surface area (Å²) in [6.07, 6.45) is -0.395.